The van der Waals surface area contributed by atoms with E-state index >= 15 is 0 Å². The number of benzene rings is 1. The zero-order valence-electron chi connectivity index (χ0n) is 7.86. The van der Waals surface area contributed by atoms with Crippen molar-refractivity contribution in [1.82, 2.24) is 0 Å². The van der Waals surface area contributed by atoms with Gasteiger partial charge in [0.25, 0.3) is 0 Å². The summed E-state index contributed by atoms with van der Waals surface area (Å²) in [4.78, 5) is 9.69. The van der Waals surface area contributed by atoms with E-state index in [1.807, 2.05) is 30.3 Å². The van der Waals surface area contributed by atoms with E-state index in [-0.39, 0.29) is 5.78 Å². The Kier molecular flexibility index (Phi) is 6.46. The normalized spacial score (nSPS) is 8.15. The highest BCUT2D eigenvalue weighted by Gasteiger charge is 1.80. The zero-order valence-corrected chi connectivity index (χ0v) is 7.86. The molecule has 70 valence electrons. The highest BCUT2D eigenvalue weighted by atomic mass is 16.1. The summed E-state index contributed by atoms with van der Waals surface area (Å²) < 4.78 is 0. The second-order valence-corrected chi connectivity index (χ2v) is 2.50. The lowest BCUT2D eigenvalue weighted by Crippen LogP contribution is -1.94. The highest BCUT2D eigenvalue weighted by Crippen LogP contribution is 1.94. The molecule has 1 rings (SSSR count). The Bertz CT molecular complexity index is 254. The van der Waals surface area contributed by atoms with E-state index in [9.17, 15) is 4.79 Å². The number of carbonyl (C=O) groups is 1. The van der Waals surface area contributed by atoms with E-state index in [1.165, 1.54) is 18.6 Å². The Balaban J connectivity index is 0.000000252. The summed E-state index contributed by atoms with van der Waals surface area (Å²) in [7, 11) is 0. The first-order valence-electron chi connectivity index (χ1n) is 4.07. The Morgan fingerprint density at radius 3 is 2.15 bits per heavy atom. The fourth-order valence-electron chi connectivity index (χ4n) is 0.614. The van der Waals surface area contributed by atoms with Crippen LogP contribution in [-0.2, 0) is 11.3 Å². The van der Waals surface area contributed by atoms with Crippen LogP contribution in [0.2, 0.25) is 0 Å². The summed E-state index contributed by atoms with van der Waals surface area (Å²) in [5.74, 6) is 0.0185. The van der Waals surface area contributed by atoms with Crippen LogP contribution in [0.4, 0.5) is 0 Å². The molecule has 0 spiro atoms. The number of carbonyl (C=O) groups excluding carboxylic acids is 1. The number of hydrogen-bond donors (Lipinski definition) is 1. The molecule has 0 radical (unpaired) electrons. The third-order valence-electron chi connectivity index (χ3n) is 1.37. The van der Waals surface area contributed by atoms with Crippen molar-refractivity contribution in [2.75, 3.05) is 0 Å². The number of ketones is 1. The van der Waals surface area contributed by atoms with Gasteiger partial charge in [-0.05, 0) is 18.6 Å². The predicted molar refractivity (Wildman–Crippen MR) is 55.2 cm³/mol. The van der Waals surface area contributed by atoms with Crippen molar-refractivity contribution < 1.29 is 4.79 Å². The molecule has 0 unspecified atom stereocenters. The van der Waals surface area contributed by atoms with Gasteiger partial charge in [0.05, 0.1) is 0 Å². The number of hydrogen-bond acceptors (Lipinski definition) is 2. The summed E-state index contributed by atoms with van der Waals surface area (Å²) in [6, 6.07) is 9.99. The molecule has 0 amide bonds. The largest absolute Gasteiger partial charge is 0.326 e. The first kappa shape index (κ1) is 11.6. The van der Waals surface area contributed by atoms with Crippen LogP contribution in [0.5, 0.6) is 0 Å². The first-order chi connectivity index (χ1) is 6.20. The SMILES string of the molecule is C=CC(C)=O.NCc1ccccc1. The van der Waals surface area contributed by atoms with Gasteiger partial charge in [-0.15, -0.1) is 0 Å². The molecule has 0 heterocycles. The van der Waals surface area contributed by atoms with E-state index in [1.54, 1.807) is 0 Å². The van der Waals surface area contributed by atoms with Crippen LogP contribution in [-0.4, -0.2) is 5.78 Å². The van der Waals surface area contributed by atoms with Crippen molar-refractivity contribution in [1.29, 1.82) is 0 Å². The Morgan fingerprint density at radius 2 is 1.92 bits per heavy atom. The average Bonchev–Trinajstić information content (AvgIpc) is 2.20. The molecule has 0 atom stereocenters. The fourth-order valence-corrected chi connectivity index (χ4v) is 0.614. The average molecular weight is 177 g/mol. The van der Waals surface area contributed by atoms with Crippen molar-refractivity contribution in [3.8, 4) is 0 Å². The van der Waals surface area contributed by atoms with Gasteiger partial charge < -0.3 is 5.73 Å². The third kappa shape index (κ3) is 6.97. The maximum atomic E-state index is 9.69. The lowest BCUT2D eigenvalue weighted by Gasteiger charge is -1.90. The zero-order chi connectivity index (χ0) is 10.1. The topological polar surface area (TPSA) is 43.1 Å². The first-order valence-corrected chi connectivity index (χ1v) is 4.07. The standard InChI is InChI=1S/C7H9N.C4H6O/c8-6-7-4-2-1-3-5-7;1-3-4(2)5/h1-5H,6,8H2;3H,1H2,2H3. The van der Waals surface area contributed by atoms with Crippen molar-refractivity contribution in [3.63, 3.8) is 0 Å². The van der Waals surface area contributed by atoms with Crippen LogP contribution in [0.15, 0.2) is 43.0 Å². The minimum Gasteiger partial charge on any atom is -0.326 e. The van der Waals surface area contributed by atoms with E-state index in [0.717, 1.165) is 0 Å². The summed E-state index contributed by atoms with van der Waals surface area (Å²) in [6.45, 7) is 5.32. The van der Waals surface area contributed by atoms with Crippen molar-refractivity contribution in [2.45, 2.75) is 13.5 Å². The molecule has 0 bridgehead atoms. The monoisotopic (exact) mass is 177 g/mol. The summed E-state index contributed by atoms with van der Waals surface area (Å²) in [5.41, 5.74) is 6.54. The van der Waals surface area contributed by atoms with Crippen molar-refractivity contribution in [2.24, 2.45) is 5.73 Å². The molecule has 0 aromatic heterocycles. The van der Waals surface area contributed by atoms with Crippen molar-refractivity contribution in [3.05, 3.63) is 48.6 Å². The van der Waals surface area contributed by atoms with Gasteiger partial charge in [0, 0.05) is 6.54 Å². The molecule has 0 aliphatic heterocycles. The van der Waals surface area contributed by atoms with Gasteiger partial charge >= 0.3 is 0 Å². The van der Waals surface area contributed by atoms with Gasteiger partial charge in [-0.25, -0.2) is 0 Å². The fraction of sp³-hybridized carbons (Fsp3) is 0.182. The minimum atomic E-state index is 0.0185. The van der Waals surface area contributed by atoms with Crippen LogP contribution in [0.3, 0.4) is 0 Å². The molecule has 2 N–H and O–H groups in total. The van der Waals surface area contributed by atoms with Crippen LogP contribution >= 0.6 is 0 Å². The lowest BCUT2D eigenvalue weighted by molar-refractivity contribution is -0.112. The van der Waals surface area contributed by atoms with Gasteiger partial charge in [-0.2, -0.15) is 0 Å². The molecule has 2 heteroatoms. The molecule has 13 heavy (non-hydrogen) atoms. The number of rotatable bonds is 2. The molecule has 0 aliphatic rings. The van der Waals surface area contributed by atoms with Crippen LogP contribution < -0.4 is 5.73 Å². The second-order valence-electron chi connectivity index (χ2n) is 2.50. The third-order valence-corrected chi connectivity index (χ3v) is 1.37. The van der Waals surface area contributed by atoms with Gasteiger partial charge in [-0.3, -0.25) is 4.79 Å². The van der Waals surface area contributed by atoms with E-state index < -0.39 is 0 Å². The number of nitrogens with two attached hydrogens (primary N) is 1. The van der Waals surface area contributed by atoms with Crippen LogP contribution in [0.25, 0.3) is 0 Å². The van der Waals surface area contributed by atoms with E-state index in [4.69, 9.17) is 5.73 Å². The molecule has 0 aliphatic carbocycles. The molecule has 1 aromatic rings. The van der Waals surface area contributed by atoms with E-state index in [0.29, 0.717) is 6.54 Å². The molecule has 2 nitrogen and oxygen atoms in total. The number of allylic oxidation sites excluding steroid dienone is 1. The summed E-state index contributed by atoms with van der Waals surface area (Å²) in [5, 5.41) is 0. The predicted octanol–water partition coefficient (Wildman–Crippen LogP) is 1.91. The Morgan fingerprint density at radius 1 is 1.46 bits per heavy atom. The Labute approximate surface area is 79.1 Å². The van der Waals surface area contributed by atoms with Gasteiger partial charge in [-0.1, -0.05) is 36.9 Å². The van der Waals surface area contributed by atoms with Gasteiger partial charge in [0.2, 0.25) is 0 Å². The van der Waals surface area contributed by atoms with Gasteiger partial charge in [0.1, 0.15) is 0 Å². The molecule has 1 aromatic carbocycles. The quantitative estimate of drug-likeness (QED) is 0.701. The van der Waals surface area contributed by atoms with E-state index in [2.05, 4.69) is 6.58 Å². The molecular weight excluding hydrogens is 162 g/mol. The molecule has 0 saturated carbocycles. The second kappa shape index (κ2) is 7.25. The van der Waals surface area contributed by atoms with Gasteiger partial charge in [0.15, 0.2) is 5.78 Å². The molecular formula is C11H15NO. The lowest BCUT2D eigenvalue weighted by atomic mass is 10.2. The maximum absolute atomic E-state index is 9.69. The van der Waals surface area contributed by atoms with Crippen molar-refractivity contribution >= 4 is 5.78 Å². The highest BCUT2D eigenvalue weighted by molar-refractivity contribution is 5.86. The minimum absolute atomic E-state index is 0.0185. The smallest absolute Gasteiger partial charge is 0.152 e. The summed E-state index contributed by atoms with van der Waals surface area (Å²) in [6.07, 6.45) is 1.28. The molecule has 0 fully saturated rings. The molecule has 0 saturated heterocycles. The maximum Gasteiger partial charge on any atom is 0.152 e. The summed E-state index contributed by atoms with van der Waals surface area (Å²) >= 11 is 0. The van der Waals surface area contributed by atoms with Crippen LogP contribution in [0, 0.1) is 0 Å². The van der Waals surface area contributed by atoms with Crippen LogP contribution in [0.1, 0.15) is 12.5 Å². The Hall–Kier alpha value is -1.41.